The van der Waals surface area contributed by atoms with E-state index in [2.05, 4.69) is 15.5 Å². The molecule has 0 radical (unpaired) electrons. The Balaban J connectivity index is 2.01. The molecule has 0 fully saturated rings. The number of nitrogens with one attached hydrogen (secondary N) is 1. The van der Waals surface area contributed by atoms with Crippen LogP contribution in [0.2, 0.25) is 0 Å². The van der Waals surface area contributed by atoms with E-state index in [-0.39, 0.29) is 18.7 Å². The Morgan fingerprint density at radius 3 is 2.55 bits per heavy atom. The van der Waals surface area contributed by atoms with Crippen LogP contribution < -0.4 is 14.8 Å². The van der Waals surface area contributed by atoms with Crippen LogP contribution in [0.5, 0.6) is 11.5 Å². The SMILES string of the molecule is CCc1noc(CCCC(=O)NC(CC(=O)OC)c2ccc(OC)c(OC)c2)n1. The van der Waals surface area contributed by atoms with Crippen molar-refractivity contribution >= 4 is 11.9 Å². The molecular weight excluding hydrogens is 378 g/mol. The molecule has 1 unspecified atom stereocenters. The fourth-order valence-corrected chi connectivity index (χ4v) is 2.77. The van der Waals surface area contributed by atoms with Gasteiger partial charge in [0.1, 0.15) is 0 Å². The first kappa shape index (κ1) is 22.2. The normalized spacial score (nSPS) is 11.6. The number of methoxy groups -OCH3 is 3. The fraction of sp³-hybridized carbons (Fsp3) is 0.500. The van der Waals surface area contributed by atoms with Crippen molar-refractivity contribution in [2.75, 3.05) is 21.3 Å². The topological polar surface area (TPSA) is 113 Å². The predicted molar refractivity (Wildman–Crippen MR) is 104 cm³/mol. The Labute approximate surface area is 169 Å². The zero-order valence-corrected chi connectivity index (χ0v) is 17.2. The molecule has 0 saturated carbocycles. The molecule has 0 aliphatic rings. The molecule has 9 heteroatoms. The molecule has 2 rings (SSSR count). The van der Waals surface area contributed by atoms with Crippen LogP contribution in [0.25, 0.3) is 0 Å². The van der Waals surface area contributed by atoms with Gasteiger partial charge in [0.05, 0.1) is 33.8 Å². The Kier molecular flexibility index (Phi) is 8.45. The summed E-state index contributed by atoms with van der Waals surface area (Å²) in [7, 11) is 4.37. The second-order valence-corrected chi connectivity index (χ2v) is 6.33. The Hall–Kier alpha value is -3.10. The van der Waals surface area contributed by atoms with Crippen LogP contribution in [0, 0.1) is 0 Å². The number of carbonyl (C=O) groups is 2. The van der Waals surface area contributed by atoms with Crippen LogP contribution >= 0.6 is 0 Å². The first-order chi connectivity index (χ1) is 14.0. The molecule has 2 aromatic rings. The van der Waals surface area contributed by atoms with Gasteiger partial charge in [-0.05, 0) is 24.1 Å². The smallest absolute Gasteiger partial charge is 0.307 e. The summed E-state index contributed by atoms with van der Waals surface area (Å²) in [4.78, 5) is 28.5. The maximum atomic E-state index is 12.4. The zero-order valence-electron chi connectivity index (χ0n) is 17.2. The van der Waals surface area contributed by atoms with Gasteiger partial charge in [0.25, 0.3) is 0 Å². The molecule has 1 heterocycles. The summed E-state index contributed by atoms with van der Waals surface area (Å²) in [6.07, 6.45) is 2.02. The van der Waals surface area contributed by atoms with Gasteiger partial charge < -0.3 is 24.1 Å². The van der Waals surface area contributed by atoms with Crippen molar-refractivity contribution < 1.29 is 28.3 Å². The number of esters is 1. The third kappa shape index (κ3) is 6.48. The van der Waals surface area contributed by atoms with Gasteiger partial charge in [0.15, 0.2) is 17.3 Å². The number of nitrogens with zero attached hydrogens (tertiary/aromatic N) is 2. The number of ether oxygens (including phenoxy) is 3. The van der Waals surface area contributed by atoms with Crippen molar-refractivity contribution in [3.05, 3.63) is 35.5 Å². The predicted octanol–water partition coefficient (Wildman–Crippen LogP) is 2.39. The van der Waals surface area contributed by atoms with E-state index in [0.717, 1.165) is 0 Å². The van der Waals surface area contributed by atoms with Crippen LogP contribution in [0.15, 0.2) is 22.7 Å². The summed E-state index contributed by atoms with van der Waals surface area (Å²) >= 11 is 0. The molecule has 0 saturated heterocycles. The van der Waals surface area contributed by atoms with Crippen LogP contribution in [-0.2, 0) is 27.2 Å². The maximum Gasteiger partial charge on any atom is 0.307 e. The lowest BCUT2D eigenvalue weighted by Crippen LogP contribution is -2.30. The van der Waals surface area contributed by atoms with E-state index in [4.69, 9.17) is 18.7 Å². The van der Waals surface area contributed by atoms with E-state index in [1.165, 1.54) is 21.3 Å². The number of hydrogen-bond acceptors (Lipinski definition) is 8. The zero-order chi connectivity index (χ0) is 21.2. The van der Waals surface area contributed by atoms with Crippen LogP contribution in [0.1, 0.15) is 49.5 Å². The molecule has 158 valence electrons. The molecule has 1 amide bonds. The van der Waals surface area contributed by atoms with E-state index in [9.17, 15) is 9.59 Å². The molecular formula is C20H27N3O6. The highest BCUT2D eigenvalue weighted by Gasteiger charge is 2.20. The van der Waals surface area contributed by atoms with E-state index in [0.29, 0.717) is 48.0 Å². The standard InChI is InChI=1S/C20H27N3O6/c1-5-17-22-19(29-23-17)8-6-7-18(24)21-14(12-20(25)28-4)13-9-10-15(26-2)16(11-13)27-3/h9-11,14H,5-8,12H2,1-4H3,(H,21,24). The highest BCUT2D eigenvalue weighted by atomic mass is 16.5. The van der Waals surface area contributed by atoms with Crippen LogP contribution in [0.3, 0.4) is 0 Å². The van der Waals surface area contributed by atoms with Crippen molar-refractivity contribution in [3.63, 3.8) is 0 Å². The summed E-state index contributed by atoms with van der Waals surface area (Å²) in [6.45, 7) is 1.94. The molecule has 0 aliphatic carbocycles. The average molecular weight is 405 g/mol. The van der Waals surface area contributed by atoms with Gasteiger partial charge in [-0.25, -0.2) is 0 Å². The first-order valence-corrected chi connectivity index (χ1v) is 9.40. The number of carbonyl (C=O) groups excluding carboxylic acids is 2. The molecule has 9 nitrogen and oxygen atoms in total. The Bertz CT molecular complexity index is 820. The van der Waals surface area contributed by atoms with Gasteiger partial charge in [-0.2, -0.15) is 4.98 Å². The van der Waals surface area contributed by atoms with E-state index >= 15 is 0 Å². The summed E-state index contributed by atoms with van der Waals surface area (Å²) < 4.78 is 20.4. The lowest BCUT2D eigenvalue weighted by atomic mass is 10.0. The number of hydrogen-bond donors (Lipinski definition) is 1. The van der Waals surface area contributed by atoms with Gasteiger partial charge in [0.2, 0.25) is 11.8 Å². The van der Waals surface area contributed by atoms with Gasteiger partial charge in [0, 0.05) is 19.3 Å². The number of amides is 1. The minimum absolute atomic E-state index is 0.00123. The highest BCUT2D eigenvalue weighted by Crippen LogP contribution is 2.31. The number of aromatic nitrogens is 2. The van der Waals surface area contributed by atoms with Gasteiger partial charge in [-0.3, -0.25) is 9.59 Å². The summed E-state index contributed by atoms with van der Waals surface area (Å²) in [5.41, 5.74) is 0.714. The number of aryl methyl sites for hydroxylation is 2. The fourth-order valence-electron chi connectivity index (χ4n) is 2.77. The number of benzene rings is 1. The summed E-state index contributed by atoms with van der Waals surface area (Å²) in [5, 5.41) is 6.72. The van der Waals surface area contributed by atoms with Crippen molar-refractivity contribution in [3.8, 4) is 11.5 Å². The average Bonchev–Trinajstić information content (AvgIpc) is 3.20. The van der Waals surface area contributed by atoms with Gasteiger partial charge in [-0.1, -0.05) is 18.1 Å². The van der Waals surface area contributed by atoms with E-state index < -0.39 is 12.0 Å². The molecule has 0 spiro atoms. The summed E-state index contributed by atoms with van der Waals surface area (Å²) in [6, 6.07) is 4.69. The second-order valence-electron chi connectivity index (χ2n) is 6.33. The van der Waals surface area contributed by atoms with Crippen molar-refractivity contribution in [2.24, 2.45) is 0 Å². The lowest BCUT2D eigenvalue weighted by molar-refractivity contribution is -0.141. The van der Waals surface area contributed by atoms with E-state index in [1.807, 2.05) is 6.92 Å². The lowest BCUT2D eigenvalue weighted by Gasteiger charge is -2.19. The highest BCUT2D eigenvalue weighted by molar-refractivity contribution is 5.78. The maximum absolute atomic E-state index is 12.4. The minimum Gasteiger partial charge on any atom is -0.493 e. The molecule has 1 aromatic heterocycles. The molecule has 0 aliphatic heterocycles. The third-order valence-corrected chi connectivity index (χ3v) is 4.36. The van der Waals surface area contributed by atoms with E-state index in [1.54, 1.807) is 18.2 Å². The monoisotopic (exact) mass is 405 g/mol. The molecule has 0 bridgehead atoms. The quantitative estimate of drug-likeness (QED) is 0.567. The Morgan fingerprint density at radius 2 is 1.93 bits per heavy atom. The van der Waals surface area contributed by atoms with Gasteiger partial charge in [-0.15, -0.1) is 0 Å². The third-order valence-electron chi connectivity index (χ3n) is 4.36. The summed E-state index contributed by atoms with van der Waals surface area (Å²) in [5.74, 6) is 1.62. The van der Waals surface area contributed by atoms with Crippen molar-refractivity contribution in [2.45, 2.75) is 45.1 Å². The molecule has 1 atom stereocenters. The minimum atomic E-state index is -0.551. The van der Waals surface area contributed by atoms with Crippen molar-refractivity contribution in [1.29, 1.82) is 0 Å². The van der Waals surface area contributed by atoms with Crippen molar-refractivity contribution in [1.82, 2.24) is 15.5 Å². The van der Waals surface area contributed by atoms with Crippen LogP contribution in [-0.4, -0.2) is 43.3 Å². The molecule has 1 N–H and O–H groups in total. The largest absolute Gasteiger partial charge is 0.493 e. The molecule has 1 aromatic carbocycles. The molecule has 29 heavy (non-hydrogen) atoms. The second kappa shape index (κ2) is 11.0. The van der Waals surface area contributed by atoms with Crippen LogP contribution in [0.4, 0.5) is 0 Å². The Morgan fingerprint density at radius 1 is 1.17 bits per heavy atom. The van der Waals surface area contributed by atoms with Gasteiger partial charge >= 0.3 is 5.97 Å². The first-order valence-electron chi connectivity index (χ1n) is 9.40. The number of rotatable bonds is 11.